The molecule has 0 radical (unpaired) electrons. The van der Waals surface area contributed by atoms with E-state index < -0.39 is 6.04 Å². The minimum atomic E-state index is -0.656. The second-order valence-electron chi connectivity index (χ2n) is 7.47. The van der Waals surface area contributed by atoms with Gasteiger partial charge in [0.05, 0.1) is 32.1 Å². The first-order valence-electron chi connectivity index (χ1n) is 10.8. The zero-order valence-electron chi connectivity index (χ0n) is 19.1. The molecule has 172 valence electrons. The minimum Gasteiger partial charge on any atom is -0.497 e. The fourth-order valence-corrected chi connectivity index (χ4v) is 3.76. The van der Waals surface area contributed by atoms with E-state index in [1.165, 1.54) is 7.11 Å². The molecule has 1 saturated heterocycles. The number of amides is 2. The topological polar surface area (TPSA) is 80.3 Å². The summed E-state index contributed by atoms with van der Waals surface area (Å²) >= 11 is 0. The Morgan fingerprint density at radius 1 is 1.00 bits per heavy atom. The van der Waals surface area contributed by atoms with Crippen LogP contribution in [-0.4, -0.2) is 69.8 Å². The summed E-state index contributed by atoms with van der Waals surface area (Å²) in [5.74, 6) is 1.36. The Balaban J connectivity index is 1.59. The standard InChI is InChI=1S/C24H31N3O5/c1-5-32-21-9-7-6-8-20(21)26-12-14-27(15-13-26)24(29)17(2)25-23(28)19-11-10-18(30-3)16-22(19)31-4/h6-11,16-17H,5,12-15H2,1-4H3,(H,25,28). The summed E-state index contributed by atoms with van der Waals surface area (Å²) in [6, 6.07) is 12.2. The van der Waals surface area contributed by atoms with Crippen LogP contribution in [-0.2, 0) is 4.79 Å². The molecule has 1 aliphatic heterocycles. The smallest absolute Gasteiger partial charge is 0.255 e. The van der Waals surface area contributed by atoms with Crippen molar-refractivity contribution >= 4 is 17.5 Å². The van der Waals surface area contributed by atoms with Crippen molar-refractivity contribution in [2.45, 2.75) is 19.9 Å². The minimum absolute atomic E-state index is 0.108. The normalized spacial score (nSPS) is 14.5. The molecule has 0 bridgehead atoms. The highest BCUT2D eigenvalue weighted by molar-refractivity contribution is 5.99. The Hall–Kier alpha value is -3.42. The van der Waals surface area contributed by atoms with Gasteiger partial charge in [-0.2, -0.15) is 0 Å². The van der Waals surface area contributed by atoms with Crippen LogP contribution < -0.4 is 24.4 Å². The number of ether oxygens (including phenoxy) is 3. The first-order chi connectivity index (χ1) is 15.5. The Morgan fingerprint density at radius 3 is 2.38 bits per heavy atom. The second-order valence-corrected chi connectivity index (χ2v) is 7.47. The van der Waals surface area contributed by atoms with Crippen LogP contribution >= 0.6 is 0 Å². The van der Waals surface area contributed by atoms with Crippen LogP contribution in [0.5, 0.6) is 17.2 Å². The average Bonchev–Trinajstić information content (AvgIpc) is 2.83. The number of benzene rings is 2. The Kier molecular flexibility index (Phi) is 7.81. The summed E-state index contributed by atoms with van der Waals surface area (Å²) in [7, 11) is 3.04. The van der Waals surface area contributed by atoms with Gasteiger partial charge in [0, 0.05) is 32.2 Å². The molecule has 2 aromatic rings. The van der Waals surface area contributed by atoms with Crippen molar-refractivity contribution in [2.24, 2.45) is 0 Å². The fraction of sp³-hybridized carbons (Fsp3) is 0.417. The SMILES string of the molecule is CCOc1ccccc1N1CCN(C(=O)C(C)NC(=O)c2ccc(OC)cc2OC)CC1. The van der Waals surface area contributed by atoms with Crippen molar-refractivity contribution < 1.29 is 23.8 Å². The van der Waals surface area contributed by atoms with Crippen molar-refractivity contribution in [1.29, 1.82) is 0 Å². The average molecular weight is 442 g/mol. The highest BCUT2D eigenvalue weighted by Gasteiger charge is 2.27. The number of carbonyl (C=O) groups is 2. The monoisotopic (exact) mass is 441 g/mol. The predicted molar refractivity (Wildman–Crippen MR) is 123 cm³/mol. The molecule has 1 unspecified atom stereocenters. The fourth-order valence-electron chi connectivity index (χ4n) is 3.76. The molecule has 0 aromatic heterocycles. The molecule has 0 aliphatic carbocycles. The lowest BCUT2D eigenvalue weighted by Gasteiger charge is -2.37. The Morgan fingerprint density at radius 2 is 1.72 bits per heavy atom. The van der Waals surface area contributed by atoms with Crippen LogP contribution in [0.4, 0.5) is 5.69 Å². The summed E-state index contributed by atoms with van der Waals surface area (Å²) < 4.78 is 16.2. The van der Waals surface area contributed by atoms with Gasteiger partial charge in [-0.15, -0.1) is 0 Å². The maximum Gasteiger partial charge on any atom is 0.255 e. The molecule has 8 heteroatoms. The second kappa shape index (κ2) is 10.7. The molecule has 1 heterocycles. The van der Waals surface area contributed by atoms with E-state index in [-0.39, 0.29) is 11.8 Å². The Bertz CT molecular complexity index is 941. The number of hydrogen-bond donors (Lipinski definition) is 1. The van der Waals surface area contributed by atoms with Crippen LogP contribution in [0.1, 0.15) is 24.2 Å². The lowest BCUT2D eigenvalue weighted by Crippen LogP contribution is -2.54. The third kappa shape index (κ3) is 5.25. The zero-order chi connectivity index (χ0) is 23.1. The van der Waals surface area contributed by atoms with Crippen LogP contribution in [0.15, 0.2) is 42.5 Å². The van der Waals surface area contributed by atoms with Crippen LogP contribution in [0.25, 0.3) is 0 Å². The van der Waals surface area contributed by atoms with Gasteiger partial charge in [0.2, 0.25) is 5.91 Å². The number of carbonyl (C=O) groups excluding carboxylic acids is 2. The molecule has 1 fully saturated rings. The molecule has 3 rings (SSSR count). The maximum atomic E-state index is 12.9. The third-order valence-electron chi connectivity index (χ3n) is 5.47. The molecule has 32 heavy (non-hydrogen) atoms. The molecule has 0 saturated carbocycles. The molecule has 8 nitrogen and oxygen atoms in total. The number of para-hydroxylation sites is 2. The summed E-state index contributed by atoms with van der Waals surface area (Å²) in [6.07, 6.45) is 0. The van der Waals surface area contributed by atoms with Crippen molar-refractivity contribution in [3.63, 3.8) is 0 Å². The number of methoxy groups -OCH3 is 2. The predicted octanol–water partition coefficient (Wildman–Crippen LogP) is 2.57. The van der Waals surface area contributed by atoms with Gasteiger partial charge in [-0.1, -0.05) is 12.1 Å². The highest BCUT2D eigenvalue weighted by Crippen LogP contribution is 2.29. The van der Waals surface area contributed by atoms with E-state index in [0.29, 0.717) is 49.8 Å². The molecular formula is C24H31N3O5. The third-order valence-corrected chi connectivity index (χ3v) is 5.47. The van der Waals surface area contributed by atoms with E-state index in [1.807, 2.05) is 31.2 Å². The lowest BCUT2D eigenvalue weighted by molar-refractivity contribution is -0.133. The van der Waals surface area contributed by atoms with Crippen molar-refractivity contribution in [2.75, 3.05) is 51.9 Å². The maximum absolute atomic E-state index is 12.9. The van der Waals surface area contributed by atoms with Gasteiger partial charge < -0.3 is 29.3 Å². The Labute approximate surface area is 189 Å². The largest absolute Gasteiger partial charge is 0.497 e. The lowest BCUT2D eigenvalue weighted by atomic mass is 10.1. The summed E-state index contributed by atoms with van der Waals surface area (Å²) in [5, 5.41) is 2.79. The molecule has 1 N–H and O–H groups in total. The van der Waals surface area contributed by atoms with Gasteiger partial charge >= 0.3 is 0 Å². The highest BCUT2D eigenvalue weighted by atomic mass is 16.5. The number of rotatable bonds is 8. The van der Waals surface area contributed by atoms with E-state index in [0.717, 1.165) is 11.4 Å². The molecule has 2 aromatic carbocycles. The molecular weight excluding hydrogens is 410 g/mol. The van der Waals surface area contributed by atoms with Gasteiger partial charge in [0.1, 0.15) is 23.3 Å². The van der Waals surface area contributed by atoms with E-state index in [2.05, 4.69) is 10.2 Å². The van der Waals surface area contributed by atoms with Crippen molar-refractivity contribution in [3.05, 3.63) is 48.0 Å². The quantitative estimate of drug-likeness (QED) is 0.678. The van der Waals surface area contributed by atoms with Gasteiger partial charge in [-0.3, -0.25) is 9.59 Å². The van der Waals surface area contributed by atoms with Gasteiger partial charge in [-0.25, -0.2) is 0 Å². The summed E-state index contributed by atoms with van der Waals surface area (Å²) in [5.41, 5.74) is 1.39. The number of hydrogen-bond acceptors (Lipinski definition) is 6. The molecule has 0 spiro atoms. The van der Waals surface area contributed by atoms with E-state index in [9.17, 15) is 9.59 Å². The van der Waals surface area contributed by atoms with Crippen LogP contribution in [0.2, 0.25) is 0 Å². The molecule has 1 atom stereocenters. The number of nitrogens with zero attached hydrogens (tertiary/aromatic N) is 2. The number of anilines is 1. The zero-order valence-corrected chi connectivity index (χ0v) is 19.1. The first kappa shape index (κ1) is 23.2. The summed E-state index contributed by atoms with van der Waals surface area (Å²) in [4.78, 5) is 29.7. The van der Waals surface area contributed by atoms with Crippen LogP contribution in [0, 0.1) is 0 Å². The van der Waals surface area contributed by atoms with E-state index in [1.54, 1.807) is 37.1 Å². The molecule has 2 amide bonds. The van der Waals surface area contributed by atoms with Gasteiger partial charge in [-0.05, 0) is 38.1 Å². The number of nitrogens with one attached hydrogen (secondary N) is 1. The molecule has 1 aliphatic rings. The van der Waals surface area contributed by atoms with Crippen molar-refractivity contribution in [1.82, 2.24) is 10.2 Å². The van der Waals surface area contributed by atoms with E-state index >= 15 is 0 Å². The van der Waals surface area contributed by atoms with E-state index in [4.69, 9.17) is 14.2 Å². The number of piperazine rings is 1. The van der Waals surface area contributed by atoms with Crippen LogP contribution in [0.3, 0.4) is 0 Å². The van der Waals surface area contributed by atoms with Gasteiger partial charge in [0.15, 0.2) is 0 Å². The first-order valence-corrected chi connectivity index (χ1v) is 10.8. The van der Waals surface area contributed by atoms with Crippen molar-refractivity contribution in [3.8, 4) is 17.2 Å². The summed E-state index contributed by atoms with van der Waals surface area (Å²) in [6.45, 7) is 6.81. The van der Waals surface area contributed by atoms with Gasteiger partial charge in [0.25, 0.3) is 5.91 Å².